The first-order chi connectivity index (χ1) is 7.34. The van der Waals surface area contributed by atoms with Crippen LogP contribution in [0.15, 0.2) is 24.3 Å². The van der Waals surface area contributed by atoms with Crippen molar-refractivity contribution < 1.29 is 0 Å². The van der Waals surface area contributed by atoms with Gasteiger partial charge >= 0.3 is 0 Å². The smallest absolute Gasteiger partial charge is 0.0205 e. The van der Waals surface area contributed by atoms with E-state index in [2.05, 4.69) is 48.3 Å². The van der Waals surface area contributed by atoms with E-state index in [1.54, 1.807) is 0 Å². The molecular weight excluding hydrogens is 202 g/mol. The molecule has 82 valence electrons. The second kappa shape index (κ2) is 5.57. The average molecular weight is 221 g/mol. The topological polar surface area (TPSA) is 12.0 Å². The molecule has 0 spiro atoms. The highest BCUT2D eigenvalue weighted by molar-refractivity contribution is 7.99. The van der Waals surface area contributed by atoms with E-state index >= 15 is 0 Å². The second-order valence-corrected chi connectivity index (χ2v) is 5.50. The van der Waals surface area contributed by atoms with Crippen LogP contribution in [0.1, 0.15) is 17.5 Å². The highest BCUT2D eigenvalue weighted by Crippen LogP contribution is 2.22. The van der Waals surface area contributed by atoms with Crippen molar-refractivity contribution in [1.29, 1.82) is 0 Å². The van der Waals surface area contributed by atoms with Crippen LogP contribution in [0.5, 0.6) is 0 Å². The highest BCUT2D eigenvalue weighted by atomic mass is 32.2. The highest BCUT2D eigenvalue weighted by Gasteiger charge is 2.14. The zero-order valence-corrected chi connectivity index (χ0v) is 10.1. The lowest BCUT2D eigenvalue weighted by molar-refractivity contribution is 0.523. The van der Waals surface area contributed by atoms with Crippen molar-refractivity contribution in [2.24, 2.45) is 5.92 Å². The van der Waals surface area contributed by atoms with Gasteiger partial charge in [-0.2, -0.15) is 11.8 Å². The van der Waals surface area contributed by atoms with Gasteiger partial charge in [0.05, 0.1) is 0 Å². The van der Waals surface area contributed by atoms with Gasteiger partial charge in [0.15, 0.2) is 0 Å². The summed E-state index contributed by atoms with van der Waals surface area (Å²) in [6, 6.07) is 8.79. The zero-order chi connectivity index (χ0) is 10.5. The van der Waals surface area contributed by atoms with Gasteiger partial charge in [0.2, 0.25) is 0 Å². The lowest BCUT2D eigenvalue weighted by Gasteiger charge is -2.09. The summed E-state index contributed by atoms with van der Waals surface area (Å²) < 4.78 is 0. The van der Waals surface area contributed by atoms with E-state index in [1.807, 2.05) is 0 Å². The van der Waals surface area contributed by atoms with Crippen LogP contribution >= 0.6 is 11.8 Å². The van der Waals surface area contributed by atoms with Gasteiger partial charge in [-0.1, -0.05) is 29.8 Å². The Labute approximate surface area is 96.7 Å². The average Bonchev–Trinajstić information content (AvgIpc) is 2.74. The third-order valence-corrected chi connectivity index (χ3v) is 4.14. The molecule has 1 aromatic carbocycles. The van der Waals surface area contributed by atoms with Crippen molar-refractivity contribution in [1.82, 2.24) is 5.32 Å². The molecule has 2 rings (SSSR count). The molecule has 0 aromatic heterocycles. The van der Waals surface area contributed by atoms with E-state index in [-0.39, 0.29) is 0 Å². The first kappa shape index (κ1) is 11.0. The van der Waals surface area contributed by atoms with Gasteiger partial charge in [0.1, 0.15) is 0 Å². The Hall–Kier alpha value is -0.470. The predicted molar refractivity (Wildman–Crippen MR) is 68.3 cm³/mol. The molecule has 0 bridgehead atoms. The van der Waals surface area contributed by atoms with E-state index in [0.29, 0.717) is 0 Å². The maximum Gasteiger partial charge on any atom is 0.0205 e. The minimum atomic E-state index is 0.903. The van der Waals surface area contributed by atoms with Crippen LogP contribution in [0.25, 0.3) is 0 Å². The van der Waals surface area contributed by atoms with Crippen LogP contribution in [0.3, 0.4) is 0 Å². The molecule has 0 amide bonds. The summed E-state index contributed by atoms with van der Waals surface area (Å²) in [4.78, 5) is 0. The van der Waals surface area contributed by atoms with Crippen molar-refractivity contribution in [3.63, 3.8) is 0 Å². The Kier molecular flexibility index (Phi) is 4.09. The molecule has 0 aliphatic carbocycles. The van der Waals surface area contributed by atoms with Crippen molar-refractivity contribution in [3.8, 4) is 0 Å². The molecule has 1 fully saturated rings. The van der Waals surface area contributed by atoms with Crippen LogP contribution < -0.4 is 5.32 Å². The van der Waals surface area contributed by atoms with Gasteiger partial charge in [-0.25, -0.2) is 0 Å². The number of hydrogen-bond donors (Lipinski definition) is 1. The van der Waals surface area contributed by atoms with Crippen LogP contribution in [-0.2, 0) is 6.54 Å². The third-order valence-electron chi connectivity index (χ3n) is 2.91. The Bertz CT molecular complexity index is 288. The standard InChI is InChI=1S/C13H19NS/c1-11-2-4-12(5-3-11)8-14-9-13-6-7-15-10-13/h2-5,13-14H,6-10H2,1H3. The Morgan fingerprint density at radius 3 is 2.80 bits per heavy atom. The molecule has 1 nitrogen and oxygen atoms in total. The van der Waals surface area contributed by atoms with E-state index < -0.39 is 0 Å². The summed E-state index contributed by atoms with van der Waals surface area (Å²) in [5, 5.41) is 3.55. The molecule has 1 atom stereocenters. The summed E-state index contributed by atoms with van der Waals surface area (Å²) in [6.07, 6.45) is 1.39. The summed E-state index contributed by atoms with van der Waals surface area (Å²) in [5.41, 5.74) is 2.73. The molecule has 1 aromatic rings. The Morgan fingerprint density at radius 1 is 1.33 bits per heavy atom. The predicted octanol–water partition coefficient (Wildman–Crippen LogP) is 2.84. The summed E-state index contributed by atoms with van der Waals surface area (Å²) >= 11 is 2.09. The molecule has 1 heterocycles. The third kappa shape index (κ3) is 3.54. The van der Waals surface area contributed by atoms with Gasteiger partial charge in [-0.3, -0.25) is 0 Å². The van der Waals surface area contributed by atoms with Crippen LogP contribution in [-0.4, -0.2) is 18.1 Å². The fourth-order valence-electron chi connectivity index (χ4n) is 1.87. The molecule has 1 N–H and O–H groups in total. The zero-order valence-electron chi connectivity index (χ0n) is 9.33. The maximum atomic E-state index is 3.55. The molecule has 1 saturated heterocycles. The van der Waals surface area contributed by atoms with Crippen molar-refractivity contribution in [2.45, 2.75) is 19.9 Å². The Balaban J connectivity index is 1.71. The fraction of sp³-hybridized carbons (Fsp3) is 0.538. The number of hydrogen-bond acceptors (Lipinski definition) is 2. The molecule has 1 aliphatic rings. The van der Waals surface area contributed by atoms with Gasteiger partial charge in [0, 0.05) is 6.54 Å². The van der Waals surface area contributed by atoms with Gasteiger partial charge in [-0.05, 0) is 42.9 Å². The minimum Gasteiger partial charge on any atom is -0.312 e. The van der Waals surface area contributed by atoms with Crippen LogP contribution in [0.2, 0.25) is 0 Å². The number of thioether (sulfide) groups is 1. The molecule has 1 unspecified atom stereocenters. The SMILES string of the molecule is Cc1ccc(CNCC2CCSC2)cc1. The van der Waals surface area contributed by atoms with Crippen molar-refractivity contribution in [3.05, 3.63) is 35.4 Å². The van der Waals surface area contributed by atoms with Gasteiger partial charge in [0.25, 0.3) is 0 Å². The molecule has 2 heteroatoms. The quantitative estimate of drug-likeness (QED) is 0.839. The lowest BCUT2D eigenvalue weighted by Crippen LogP contribution is -2.22. The fourth-order valence-corrected chi connectivity index (χ4v) is 3.16. The first-order valence-corrected chi connectivity index (χ1v) is 6.84. The summed E-state index contributed by atoms with van der Waals surface area (Å²) in [5.74, 6) is 3.61. The largest absolute Gasteiger partial charge is 0.312 e. The number of benzene rings is 1. The number of rotatable bonds is 4. The molecule has 1 aliphatic heterocycles. The second-order valence-electron chi connectivity index (χ2n) is 4.35. The summed E-state index contributed by atoms with van der Waals surface area (Å²) in [6.45, 7) is 4.33. The number of nitrogens with one attached hydrogen (secondary N) is 1. The van der Waals surface area contributed by atoms with Crippen molar-refractivity contribution >= 4 is 11.8 Å². The Morgan fingerprint density at radius 2 is 2.13 bits per heavy atom. The molecular formula is C13H19NS. The normalized spacial score (nSPS) is 20.7. The first-order valence-electron chi connectivity index (χ1n) is 5.68. The maximum absolute atomic E-state index is 3.55. The minimum absolute atomic E-state index is 0.903. The number of aryl methyl sites for hydroxylation is 1. The van der Waals surface area contributed by atoms with Crippen LogP contribution in [0.4, 0.5) is 0 Å². The monoisotopic (exact) mass is 221 g/mol. The van der Waals surface area contributed by atoms with Crippen molar-refractivity contribution in [2.75, 3.05) is 18.1 Å². The van der Waals surface area contributed by atoms with E-state index in [1.165, 1.54) is 35.6 Å². The molecule has 0 radical (unpaired) electrons. The van der Waals surface area contributed by atoms with Gasteiger partial charge in [-0.15, -0.1) is 0 Å². The van der Waals surface area contributed by atoms with E-state index in [0.717, 1.165) is 12.5 Å². The van der Waals surface area contributed by atoms with Crippen LogP contribution in [0, 0.1) is 12.8 Å². The van der Waals surface area contributed by atoms with E-state index in [4.69, 9.17) is 0 Å². The lowest BCUT2D eigenvalue weighted by atomic mass is 10.1. The van der Waals surface area contributed by atoms with Gasteiger partial charge < -0.3 is 5.32 Å². The van der Waals surface area contributed by atoms with E-state index in [9.17, 15) is 0 Å². The molecule has 0 saturated carbocycles. The molecule has 15 heavy (non-hydrogen) atoms. The summed E-state index contributed by atoms with van der Waals surface area (Å²) in [7, 11) is 0.